The molecule has 0 bridgehead atoms. The Balaban J connectivity index is 1.33. The van der Waals surface area contributed by atoms with Crippen molar-refractivity contribution in [2.24, 2.45) is 5.92 Å². The van der Waals surface area contributed by atoms with Gasteiger partial charge in [-0.3, -0.25) is 0 Å². The van der Waals surface area contributed by atoms with Crippen molar-refractivity contribution in [3.63, 3.8) is 0 Å². The molecule has 0 N–H and O–H groups in total. The fourth-order valence-electron chi connectivity index (χ4n) is 4.63. The van der Waals surface area contributed by atoms with Gasteiger partial charge < -0.3 is 19.5 Å². The first-order chi connectivity index (χ1) is 17.5. The summed E-state index contributed by atoms with van der Waals surface area (Å²) in [6.07, 6.45) is 5.03. The van der Waals surface area contributed by atoms with Gasteiger partial charge in [0, 0.05) is 27.9 Å². The number of carbonyl (C=O) groups is 1. The van der Waals surface area contributed by atoms with Gasteiger partial charge in [-0.1, -0.05) is 37.3 Å². The molecule has 0 aliphatic heterocycles. The second kappa shape index (κ2) is 11.3. The number of hydrogen-bond donors (Lipinski definition) is 0. The number of aromatic nitrogens is 1. The fourth-order valence-corrected chi connectivity index (χ4v) is 6.19. The molecule has 7 heteroatoms. The van der Waals surface area contributed by atoms with Crippen molar-refractivity contribution >= 4 is 33.8 Å². The highest BCUT2D eigenvalue weighted by Gasteiger charge is 2.20. The number of rotatable bonds is 9. The lowest BCUT2D eigenvalue weighted by Gasteiger charge is -2.26. The standard InChI is InChI=1S/C29H30N2O3S2/c1-20-8-12-23(13-9-20)34-24-14-10-21(11-15-24)27-19-36-29(30-27)31(18-25-6-4-16-35-25)17-22-5-2-3-7-26(22)28(32)33/h2-7,10-11,14-16,19-20,23H,8-9,12-13,17-18H2,1H3,(H,32,33)/p-1. The van der Waals surface area contributed by atoms with Gasteiger partial charge in [0.25, 0.3) is 0 Å². The third-order valence-electron chi connectivity index (χ3n) is 6.70. The first-order valence-electron chi connectivity index (χ1n) is 12.3. The average Bonchev–Trinajstić information content (AvgIpc) is 3.58. The minimum atomic E-state index is -1.16. The molecule has 5 rings (SSSR count). The molecule has 36 heavy (non-hydrogen) atoms. The van der Waals surface area contributed by atoms with Crippen LogP contribution in [0.25, 0.3) is 11.3 Å². The van der Waals surface area contributed by atoms with Crippen LogP contribution < -0.4 is 14.7 Å². The zero-order chi connectivity index (χ0) is 24.9. The Bertz CT molecular complexity index is 1280. The molecular formula is C29H29N2O3S2-. The molecule has 1 aliphatic carbocycles. The number of aromatic carboxylic acids is 1. The molecule has 2 aromatic heterocycles. The SMILES string of the molecule is CC1CCC(Oc2ccc(-c3csc(N(Cc4cccs4)Cc4ccccc4C(=O)[O-])n3)cc2)CC1. The number of thiazole rings is 1. The monoisotopic (exact) mass is 517 g/mol. The van der Waals surface area contributed by atoms with Crippen LogP contribution in [0.5, 0.6) is 5.75 Å². The number of carboxylic acids is 1. The maximum absolute atomic E-state index is 11.7. The molecule has 0 unspecified atom stereocenters. The largest absolute Gasteiger partial charge is 0.545 e. The summed E-state index contributed by atoms with van der Waals surface area (Å²) in [7, 11) is 0. The van der Waals surface area contributed by atoms with E-state index in [9.17, 15) is 9.90 Å². The van der Waals surface area contributed by atoms with E-state index >= 15 is 0 Å². The van der Waals surface area contributed by atoms with Crippen LogP contribution >= 0.6 is 22.7 Å². The van der Waals surface area contributed by atoms with Crippen LogP contribution in [-0.2, 0) is 13.1 Å². The zero-order valence-electron chi connectivity index (χ0n) is 20.3. The number of anilines is 1. The number of carboxylic acid groups (broad SMARTS) is 1. The number of benzene rings is 2. The van der Waals surface area contributed by atoms with E-state index in [0.717, 1.165) is 40.9 Å². The van der Waals surface area contributed by atoms with E-state index in [4.69, 9.17) is 9.72 Å². The minimum Gasteiger partial charge on any atom is -0.545 e. The van der Waals surface area contributed by atoms with Crippen molar-refractivity contribution in [1.29, 1.82) is 0 Å². The molecule has 1 saturated carbocycles. The van der Waals surface area contributed by atoms with Gasteiger partial charge in [-0.2, -0.15) is 0 Å². The number of carbonyl (C=O) groups excluding carboxylic acids is 1. The second-order valence-corrected chi connectivity index (χ2v) is 11.3. The van der Waals surface area contributed by atoms with E-state index in [-0.39, 0.29) is 5.56 Å². The van der Waals surface area contributed by atoms with Crippen LogP contribution in [0, 0.1) is 5.92 Å². The van der Waals surface area contributed by atoms with Gasteiger partial charge in [0.2, 0.25) is 0 Å². The molecule has 0 atom stereocenters. The van der Waals surface area contributed by atoms with Crippen LogP contribution in [0.3, 0.4) is 0 Å². The molecule has 0 saturated heterocycles. The predicted octanol–water partition coefficient (Wildman–Crippen LogP) is 6.40. The molecule has 1 fully saturated rings. The van der Waals surface area contributed by atoms with Crippen molar-refractivity contribution in [3.05, 3.63) is 87.4 Å². The lowest BCUT2D eigenvalue weighted by atomic mass is 9.89. The smallest absolute Gasteiger partial charge is 0.186 e. The summed E-state index contributed by atoms with van der Waals surface area (Å²) in [5.74, 6) is 0.554. The second-order valence-electron chi connectivity index (χ2n) is 9.42. The Hall–Kier alpha value is -3.16. The molecule has 4 aromatic rings. The van der Waals surface area contributed by atoms with E-state index in [1.165, 1.54) is 17.7 Å². The summed E-state index contributed by atoms with van der Waals surface area (Å²) >= 11 is 3.24. The third kappa shape index (κ3) is 5.97. The summed E-state index contributed by atoms with van der Waals surface area (Å²) in [6, 6.07) is 19.3. The Morgan fingerprint density at radius 3 is 2.50 bits per heavy atom. The molecule has 2 aromatic carbocycles. The van der Waals surface area contributed by atoms with Gasteiger partial charge in [-0.15, -0.1) is 22.7 Å². The normalized spacial score (nSPS) is 17.6. The van der Waals surface area contributed by atoms with Crippen molar-refractivity contribution in [1.82, 2.24) is 4.98 Å². The molecule has 0 radical (unpaired) electrons. The maximum atomic E-state index is 11.7. The number of ether oxygens (including phenoxy) is 1. The lowest BCUT2D eigenvalue weighted by molar-refractivity contribution is -0.255. The van der Waals surface area contributed by atoms with Gasteiger partial charge >= 0.3 is 0 Å². The van der Waals surface area contributed by atoms with E-state index in [0.29, 0.717) is 24.8 Å². The van der Waals surface area contributed by atoms with Crippen LogP contribution in [0.4, 0.5) is 5.13 Å². The molecule has 0 amide bonds. The van der Waals surface area contributed by atoms with Gasteiger partial charge in [0.15, 0.2) is 5.13 Å². The van der Waals surface area contributed by atoms with E-state index in [1.54, 1.807) is 34.8 Å². The van der Waals surface area contributed by atoms with Crippen LogP contribution in [-0.4, -0.2) is 17.1 Å². The molecule has 0 spiro atoms. The van der Waals surface area contributed by atoms with Crippen molar-refractivity contribution < 1.29 is 14.6 Å². The van der Waals surface area contributed by atoms with Crippen molar-refractivity contribution in [3.8, 4) is 17.0 Å². The molecule has 1 aliphatic rings. The highest BCUT2D eigenvalue weighted by molar-refractivity contribution is 7.14. The van der Waals surface area contributed by atoms with Gasteiger partial charge in [-0.25, -0.2) is 4.98 Å². The van der Waals surface area contributed by atoms with E-state index < -0.39 is 5.97 Å². The average molecular weight is 518 g/mol. The summed E-state index contributed by atoms with van der Waals surface area (Å²) in [6.45, 7) is 3.40. The summed E-state index contributed by atoms with van der Waals surface area (Å²) in [5.41, 5.74) is 2.86. The van der Waals surface area contributed by atoms with E-state index in [2.05, 4.69) is 35.4 Å². The quantitative estimate of drug-likeness (QED) is 0.257. The summed E-state index contributed by atoms with van der Waals surface area (Å²) in [5, 5.41) is 16.6. The molecule has 5 nitrogen and oxygen atoms in total. The predicted molar refractivity (Wildman–Crippen MR) is 145 cm³/mol. The zero-order valence-corrected chi connectivity index (χ0v) is 21.9. The Labute approximate surface area is 220 Å². The van der Waals surface area contributed by atoms with Crippen LogP contribution in [0.1, 0.15) is 53.4 Å². The van der Waals surface area contributed by atoms with Gasteiger partial charge in [0.1, 0.15) is 5.75 Å². The topological polar surface area (TPSA) is 65.5 Å². The highest BCUT2D eigenvalue weighted by Crippen LogP contribution is 2.32. The maximum Gasteiger partial charge on any atom is 0.186 e. The number of thiophene rings is 1. The Kier molecular flexibility index (Phi) is 7.68. The van der Waals surface area contributed by atoms with Crippen LogP contribution in [0.2, 0.25) is 0 Å². The minimum absolute atomic E-state index is 0.216. The summed E-state index contributed by atoms with van der Waals surface area (Å²) < 4.78 is 6.22. The Morgan fingerprint density at radius 2 is 1.78 bits per heavy atom. The first kappa shape index (κ1) is 24.5. The van der Waals surface area contributed by atoms with E-state index in [1.807, 2.05) is 35.7 Å². The van der Waals surface area contributed by atoms with Crippen LogP contribution in [0.15, 0.2) is 71.4 Å². The van der Waals surface area contributed by atoms with Gasteiger partial charge in [-0.05, 0) is 72.9 Å². The first-order valence-corrected chi connectivity index (χ1v) is 14.1. The van der Waals surface area contributed by atoms with Crippen molar-refractivity contribution in [2.75, 3.05) is 4.90 Å². The lowest BCUT2D eigenvalue weighted by Crippen LogP contribution is -2.27. The fraction of sp³-hybridized carbons (Fsp3) is 0.310. The highest BCUT2D eigenvalue weighted by atomic mass is 32.1. The molecule has 2 heterocycles. The van der Waals surface area contributed by atoms with Crippen molar-refractivity contribution in [2.45, 2.75) is 51.8 Å². The van der Waals surface area contributed by atoms with Gasteiger partial charge in [0.05, 0.1) is 24.3 Å². The third-order valence-corrected chi connectivity index (χ3v) is 8.47. The summed E-state index contributed by atoms with van der Waals surface area (Å²) in [4.78, 5) is 19.9. The molecular weight excluding hydrogens is 488 g/mol. The number of hydrogen-bond acceptors (Lipinski definition) is 7. The Morgan fingerprint density at radius 1 is 1.00 bits per heavy atom. The molecule has 186 valence electrons. The number of nitrogens with zero attached hydrogens (tertiary/aromatic N) is 2.